The zero-order valence-corrected chi connectivity index (χ0v) is 11.8. The Bertz CT molecular complexity index is 373. The highest BCUT2D eigenvalue weighted by Crippen LogP contribution is 2.21. The van der Waals surface area contributed by atoms with Crippen molar-refractivity contribution in [3.05, 3.63) is 0 Å². The summed E-state index contributed by atoms with van der Waals surface area (Å²) in [5.74, 6) is -1.40. The highest BCUT2D eigenvalue weighted by molar-refractivity contribution is 5.88. The Balaban J connectivity index is 2.48. The molecule has 1 fully saturated rings. The first-order valence-corrected chi connectivity index (χ1v) is 6.49. The number of rotatable bonds is 5. The predicted octanol–water partition coefficient (Wildman–Crippen LogP) is 0.568. The molecular weight excluding hydrogens is 248 g/mol. The largest absolute Gasteiger partial charge is 0.481 e. The quantitative estimate of drug-likeness (QED) is 0.792. The lowest BCUT2D eigenvalue weighted by Crippen LogP contribution is -2.41. The summed E-state index contributed by atoms with van der Waals surface area (Å²) >= 11 is 0. The van der Waals surface area contributed by atoms with E-state index >= 15 is 0 Å². The zero-order chi connectivity index (χ0) is 14.6. The average Bonchev–Trinajstić information content (AvgIpc) is 2.81. The minimum atomic E-state index is -1.11. The van der Waals surface area contributed by atoms with Crippen LogP contribution in [0.4, 0.5) is 0 Å². The van der Waals surface area contributed by atoms with Crippen LogP contribution in [-0.4, -0.2) is 59.4 Å². The number of carboxylic acid groups (broad SMARTS) is 1. The fourth-order valence-electron chi connectivity index (χ4n) is 1.95. The number of carboxylic acids is 1. The molecule has 0 spiro atoms. The summed E-state index contributed by atoms with van der Waals surface area (Å²) < 4.78 is 0. The lowest BCUT2D eigenvalue weighted by Gasteiger charge is -2.25. The van der Waals surface area contributed by atoms with Gasteiger partial charge in [-0.2, -0.15) is 0 Å². The third-order valence-corrected chi connectivity index (χ3v) is 3.43. The van der Waals surface area contributed by atoms with Crippen LogP contribution in [0.15, 0.2) is 0 Å². The van der Waals surface area contributed by atoms with Crippen LogP contribution in [0, 0.1) is 5.41 Å². The van der Waals surface area contributed by atoms with Gasteiger partial charge in [-0.05, 0) is 26.7 Å². The molecule has 0 unspecified atom stereocenters. The van der Waals surface area contributed by atoms with E-state index in [1.165, 1.54) is 25.8 Å². The van der Waals surface area contributed by atoms with Crippen molar-refractivity contribution in [2.45, 2.75) is 33.1 Å². The van der Waals surface area contributed by atoms with E-state index in [1.54, 1.807) is 4.90 Å². The third kappa shape index (κ3) is 4.22. The van der Waals surface area contributed by atoms with Gasteiger partial charge >= 0.3 is 5.97 Å². The predicted molar refractivity (Wildman–Crippen MR) is 69.5 cm³/mol. The van der Waals surface area contributed by atoms with E-state index in [9.17, 15) is 14.4 Å². The molecule has 2 amide bonds. The Labute approximate surface area is 113 Å². The average molecular weight is 270 g/mol. The van der Waals surface area contributed by atoms with Gasteiger partial charge < -0.3 is 14.9 Å². The minimum Gasteiger partial charge on any atom is -0.481 e. The van der Waals surface area contributed by atoms with E-state index in [-0.39, 0.29) is 24.8 Å². The van der Waals surface area contributed by atoms with Crippen molar-refractivity contribution in [2.75, 3.05) is 26.7 Å². The van der Waals surface area contributed by atoms with Crippen molar-refractivity contribution in [3.8, 4) is 0 Å². The number of hydrogen-bond acceptors (Lipinski definition) is 3. The lowest BCUT2D eigenvalue weighted by molar-refractivity contribution is -0.151. The van der Waals surface area contributed by atoms with Crippen molar-refractivity contribution in [1.82, 2.24) is 9.80 Å². The maximum Gasteiger partial charge on any atom is 0.309 e. The molecule has 1 N–H and O–H groups in total. The standard InChI is InChI=1S/C13H22N2O4/c1-13(2,12(18)19)8-10(16)14(3)9-11(17)15-6-4-5-7-15/h4-9H2,1-3H3,(H,18,19). The number of likely N-dealkylation sites (tertiary alicyclic amines) is 1. The first-order valence-electron chi connectivity index (χ1n) is 6.49. The van der Waals surface area contributed by atoms with E-state index in [0.29, 0.717) is 0 Å². The molecule has 19 heavy (non-hydrogen) atoms. The van der Waals surface area contributed by atoms with Crippen LogP contribution in [0.3, 0.4) is 0 Å². The summed E-state index contributed by atoms with van der Waals surface area (Å²) in [6.07, 6.45) is 1.91. The van der Waals surface area contributed by atoms with Gasteiger partial charge in [0.05, 0.1) is 12.0 Å². The smallest absolute Gasteiger partial charge is 0.309 e. The number of carbonyl (C=O) groups excluding carboxylic acids is 2. The van der Waals surface area contributed by atoms with E-state index in [0.717, 1.165) is 25.9 Å². The molecule has 0 aromatic carbocycles. The summed E-state index contributed by atoms with van der Waals surface area (Å²) in [5.41, 5.74) is -1.11. The third-order valence-electron chi connectivity index (χ3n) is 3.43. The maximum atomic E-state index is 11.9. The number of nitrogens with zero attached hydrogens (tertiary/aromatic N) is 2. The summed E-state index contributed by atoms with van der Waals surface area (Å²) in [4.78, 5) is 37.8. The summed E-state index contributed by atoms with van der Waals surface area (Å²) in [6.45, 7) is 4.53. The molecule has 108 valence electrons. The highest BCUT2D eigenvalue weighted by Gasteiger charge is 2.32. The van der Waals surface area contributed by atoms with Gasteiger partial charge in [-0.1, -0.05) is 0 Å². The summed E-state index contributed by atoms with van der Waals surface area (Å²) in [7, 11) is 1.54. The molecule has 0 aromatic heterocycles. The van der Waals surface area contributed by atoms with E-state index in [2.05, 4.69) is 0 Å². The number of likely N-dealkylation sites (N-methyl/N-ethyl adjacent to an activating group) is 1. The van der Waals surface area contributed by atoms with Crippen molar-refractivity contribution >= 4 is 17.8 Å². The fourth-order valence-corrected chi connectivity index (χ4v) is 1.95. The van der Waals surface area contributed by atoms with Crippen LogP contribution in [0.2, 0.25) is 0 Å². The van der Waals surface area contributed by atoms with E-state index in [1.807, 2.05) is 0 Å². The molecule has 0 aromatic rings. The molecule has 1 heterocycles. The first-order chi connectivity index (χ1) is 8.74. The first kappa shape index (κ1) is 15.5. The molecule has 6 heteroatoms. The van der Waals surface area contributed by atoms with Crippen LogP contribution in [0.1, 0.15) is 33.1 Å². The molecule has 0 atom stereocenters. The minimum absolute atomic E-state index is 0.0224. The van der Waals surface area contributed by atoms with Crippen molar-refractivity contribution < 1.29 is 19.5 Å². The SMILES string of the molecule is CN(CC(=O)N1CCCC1)C(=O)CC(C)(C)C(=O)O. The van der Waals surface area contributed by atoms with Gasteiger partial charge in [-0.25, -0.2) is 0 Å². The molecule has 0 radical (unpaired) electrons. The highest BCUT2D eigenvalue weighted by atomic mass is 16.4. The Kier molecular flexibility index (Phi) is 4.91. The van der Waals surface area contributed by atoms with Crippen LogP contribution in [0.25, 0.3) is 0 Å². The zero-order valence-electron chi connectivity index (χ0n) is 11.8. The molecule has 0 saturated carbocycles. The molecular formula is C13H22N2O4. The maximum absolute atomic E-state index is 11.9. The Morgan fingerprint density at radius 3 is 2.21 bits per heavy atom. The molecule has 1 aliphatic heterocycles. The van der Waals surface area contributed by atoms with Crippen molar-refractivity contribution in [3.63, 3.8) is 0 Å². The molecule has 0 aliphatic carbocycles. The van der Waals surface area contributed by atoms with Gasteiger partial charge in [0.2, 0.25) is 11.8 Å². The molecule has 1 rings (SSSR count). The van der Waals surface area contributed by atoms with Crippen LogP contribution in [0.5, 0.6) is 0 Å². The number of carbonyl (C=O) groups is 3. The van der Waals surface area contributed by atoms with Crippen LogP contribution in [-0.2, 0) is 14.4 Å². The summed E-state index contributed by atoms with van der Waals surface area (Å²) in [6, 6.07) is 0. The Hall–Kier alpha value is -1.59. The van der Waals surface area contributed by atoms with Crippen molar-refractivity contribution in [1.29, 1.82) is 0 Å². The van der Waals surface area contributed by atoms with E-state index < -0.39 is 11.4 Å². The number of hydrogen-bond donors (Lipinski definition) is 1. The lowest BCUT2D eigenvalue weighted by atomic mass is 9.89. The van der Waals surface area contributed by atoms with Gasteiger partial charge in [0.15, 0.2) is 0 Å². The van der Waals surface area contributed by atoms with Crippen molar-refractivity contribution in [2.24, 2.45) is 5.41 Å². The second-order valence-electron chi connectivity index (χ2n) is 5.70. The van der Waals surface area contributed by atoms with Gasteiger partial charge in [0.1, 0.15) is 0 Å². The second kappa shape index (κ2) is 6.04. The van der Waals surface area contributed by atoms with E-state index in [4.69, 9.17) is 5.11 Å². The molecule has 0 bridgehead atoms. The Morgan fingerprint density at radius 2 is 1.74 bits per heavy atom. The monoisotopic (exact) mass is 270 g/mol. The molecule has 1 aliphatic rings. The normalized spacial score (nSPS) is 15.4. The van der Waals surface area contributed by atoms with Gasteiger partial charge in [-0.3, -0.25) is 14.4 Å². The van der Waals surface area contributed by atoms with Crippen LogP contribution < -0.4 is 0 Å². The summed E-state index contributed by atoms with van der Waals surface area (Å²) in [5, 5.41) is 8.98. The molecule has 1 saturated heterocycles. The number of aliphatic carboxylic acids is 1. The van der Waals surface area contributed by atoms with Crippen LogP contribution >= 0.6 is 0 Å². The Morgan fingerprint density at radius 1 is 1.21 bits per heavy atom. The van der Waals surface area contributed by atoms with Gasteiger partial charge in [0, 0.05) is 26.6 Å². The molecule has 6 nitrogen and oxygen atoms in total. The topological polar surface area (TPSA) is 77.9 Å². The van der Waals surface area contributed by atoms with Gasteiger partial charge in [-0.15, -0.1) is 0 Å². The van der Waals surface area contributed by atoms with Gasteiger partial charge in [0.25, 0.3) is 0 Å². The fraction of sp³-hybridized carbons (Fsp3) is 0.769. The second-order valence-corrected chi connectivity index (χ2v) is 5.70. The number of amides is 2.